The van der Waals surface area contributed by atoms with Gasteiger partial charge >= 0.3 is 21.7 Å². The molecule has 2 nitrogen and oxygen atoms in total. The van der Waals surface area contributed by atoms with E-state index < -0.39 is 0 Å². The summed E-state index contributed by atoms with van der Waals surface area (Å²) in [6, 6.07) is 8.13. The van der Waals surface area contributed by atoms with E-state index in [1.165, 1.54) is 10.8 Å². The van der Waals surface area contributed by atoms with Crippen molar-refractivity contribution >= 4 is 20.9 Å². The van der Waals surface area contributed by atoms with Crippen molar-refractivity contribution in [3.8, 4) is 0 Å². The van der Waals surface area contributed by atoms with Crippen LogP contribution in [-0.2, 0) is 26.5 Å². The first kappa shape index (κ1) is 21.6. The average molecular weight is 383 g/mol. The molecule has 1 aromatic carbocycles. The third-order valence-electron chi connectivity index (χ3n) is 3.11. The molecule has 0 saturated carbocycles. The fraction of sp³-hybridized carbons (Fsp3) is 0.125. The van der Waals surface area contributed by atoms with Gasteiger partial charge in [0.2, 0.25) is 0 Å². The van der Waals surface area contributed by atoms with Crippen molar-refractivity contribution in [3.05, 3.63) is 70.4 Å². The number of hydrogen-bond donors (Lipinski definition) is 1. The van der Waals surface area contributed by atoms with Crippen molar-refractivity contribution < 1.29 is 56.4 Å². The van der Waals surface area contributed by atoms with Gasteiger partial charge in [0, 0.05) is 6.61 Å². The first-order chi connectivity index (χ1) is 9.26. The van der Waals surface area contributed by atoms with Crippen LogP contribution in [-0.4, -0.2) is 27.0 Å². The molecule has 3 aliphatic rings. The normalized spacial score (nSPS) is 15.3. The molecule has 0 bridgehead atoms. The van der Waals surface area contributed by atoms with E-state index in [0.29, 0.717) is 15.9 Å². The summed E-state index contributed by atoms with van der Waals surface area (Å²) >= 11 is 0. The summed E-state index contributed by atoms with van der Waals surface area (Å²) in [5, 5.41) is 10.1. The number of aliphatic hydroxyl groups excluding tert-OH is 1. The van der Waals surface area contributed by atoms with Crippen LogP contribution in [0.25, 0.3) is 5.57 Å². The first-order valence-corrected chi connectivity index (χ1v) is 7.18. The van der Waals surface area contributed by atoms with Crippen molar-refractivity contribution in [3.63, 3.8) is 0 Å². The Morgan fingerprint density at radius 3 is 2.45 bits per heavy atom. The standard InChI is InChI=1S/C13H5OSi.C3H7O.2ClH.Ti/c14-11-6-9-8-4-2-1-3-7(8)5-10(9)12-13(11)15-12;1-2-3-4;;;/h1-4,6H;4H,1-3H2;2*1H;/q2*-1;;;+4/p-2. The van der Waals surface area contributed by atoms with Gasteiger partial charge < -0.3 is 36.8 Å². The van der Waals surface area contributed by atoms with Gasteiger partial charge in [-0.1, -0.05) is 23.4 Å². The maximum Gasteiger partial charge on any atom is 4.00 e. The predicted octanol–water partition coefficient (Wildman–Crippen LogP) is -4.12. The second-order valence-corrected chi connectivity index (χ2v) is 5.67. The molecule has 110 valence electrons. The smallest absolute Gasteiger partial charge is 1.00 e. The Balaban J connectivity index is 0.000000575. The summed E-state index contributed by atoms with van der Waals surface area (Å²) < 4.78 is 0. The van der Waals surface area contributed by atoms with Crippen LogP contribution >= 0.6 is 0 Å². The number of rotatable bonds is 1. The number of halogens is 2. The van der Waals surface area contributed by atoms with Gasteiger partial charge in [0.05, 0.1) is 9.52 Å². The van der Waals surface area contributed by atoms with E-state index in [4.69, 9.17) is 5.11 Å². The minimum Gasteiger partial charge on any atom is -1.00 e. The van der Waals surface area contributed by atoms with E-state index >= 15 is 0 Å². The van der Waals surface area contributed by atoms with E-state index in [-0.39, 0.29) is 58.9 Å². The number of allylic oxidation sites excluding steroid dienone is 5. The van der Waals surface area contributed by atoms with Gasteiger partial charge in [0.1, 0.15) is 0 Å². The van der Waals surface area contributed by atoms with Crippen LogP contribution < -0.4 is 24.8 Å². The van der Waals surface area contributed by atoms with Crippen LogP contribution in [0.5, 0.6) is 0 Å². The van der Waals surface area contributed by atoms with E-state index in [1.807, 2.05) is 12.1 Å². The quantitative estimate of drug-likeness (QED) is 0.396. The number of fused-ring (bicyclic) bond motifs is 4. The van der Waals surface area contributed by atoms with Crippen LogP contribution in [0.1, 0.15) is 17.5 Å². The fourth-order valence-corrected chi connectivity index (χ4v) is 3.13. The van der Waals surface area contributed by atoms with Crippen LogP contribution in [0, 0.1) is 13.0 Å². The Hall–Kier alpha value is -0.419. The predicted molar refractivity (Wildman–Crippen MR) is 75.1 cm³/mol. The SMILES string of the molecule is O=C1C=C2C(=[C-]c3ccccc32)C2=C1[Si]2.[CH2-]CCO.[Cl-].[Cl-].[Ti+4]. The average Bonchev–Trinajstić information content (AvgIpc) is 3.17. The van der Waals surface area contributed by atoms with Gasteiger partial charge in [-0.05, 0) is 6.08 Å². The third-order valence-corrected chi connectivity index (χ3v) is 4.36. The van der Waals surface area contributed by atoms with Crippen molar-refractivity contribution in [1.29, 1.82) is 0 Å². The van der Waals surface area contributed by atoms with E-state index in [1.54, 1.807) is 6.08 Å². The van der Waals surface area contributed by atoms with Crippen molar-refractivity contribution in [2.24, 2.45) is 0 Å². The van der Waals surface area contributed by atoms with Gasteiger partial charge in [0.15, 0.2) is 5.78 Å². The fourth-order valence-electron chi connectivity index (χ4n) is 2.18. The Morgan fingerprint density at radius 2 is 1.82 bits per heavy atom. The van der Waals surface area contributed by atoms with Crippen LogP contribution in [0.15, 0.2) is 46.3 Å². The molecule has 0 unspecified atom stereocenters. The number of benzene rings is 1. The van der Waals surface area contributed by atoms with Gasteiger partial charge in [0.25, 0.3) is 0 Å². The van der Waals surface area contributed by atoms with Gasteiger partial charge in [-0.3, -0.25) is 4.79 Å². The van der Waals surface area contributed by atoms with E-state index in [0.717, 1.165) is 21.9 Å². The van der Waals surface area contributed by atoms with E-state index in [2.05, 4.69) is 25.1 Å². The molecule has 0 saturated heterocycles. The molecule has 2 radical (unpaired) electrons. The third kappa shape index (κ3) is 3.91. The van der Waals surface area contributed by atoms with Crippen molar-refractivity contribution in [1.82, 2.24) is 0 Å². The Kier molecular flexibility index (Phi) is 8.85. The van der Waals surface area contributed by atoms with Gasteiger partial charge in [-0.2, -0.15) is 6.42 Å². The minimum absolute atomic E-state index is 0. The first-order valence-electron chi connectivity index (χ1n) is 6.18. The maximum atomic E-state index is 11.6. The second kappa shape index (κ2) is 9.02. The number of carbonyl (C=O) groups excluding carboxylic acids is 1. The Morgan fingerprint density at radius 1 is 1.18 bits per heavy atom. The second-order valence-electron chi connectivity index (χ2n) is 4.42. The summed E-state index contributed by atoms with van der Waals surface area (Å²) in [6.07, 6.45) is 5.79. The molecule has 0 amide bonds. The number of aliphatic hydroxyl groups is 1. The zero-order valence-corrected chi connectivity index (χ0v) is 15.7. The molecule has 1 N–H and O–H groups in total. The zero-order chi connectivity index (χ0) is 13.4. The summed E-state index contributed by atoms with van der Waals surface area (Å²) in [7, 11) is 0.631. The molecule has 22 heavy (non-hydrogen) atoms. The Labute approximate surface area is 160 Å². The van der Waals surface area contributed by atoms with E-state index in [9.17, 15) is 4.79 Å². The summed E-state index contributed by atoms with van der Waals surface area (Å²) in [5.74, 6) is 0.209. The molecular formula is C16H12Cl2O2SiTi. The minimum atomic E-state index is 0. The van der Waals surface area contributed by atoms with Crippen molar-refractivity contribution in [2.75, 3.05) is 6.61 Å². The van der Waals surface area contributed by atoms with Crippen molar-refractivity contribution in [2.45, 2.75) is 6.42 Å². The van der Waals surface area contributed by atoms with Crippen LogP contribution in [0.2, 0.25) is 0 Å². The summed E-state index contributed by atoms with van der Waals surface area (Å²) in [6.45, 7) is 3.56. The zero-order valence-electron chi connectivity index (χ0n) is 11.6. The summed E-state index contributed by atoms with van der Waals surface area (Å²) in [5.41, 5.74) is 4.53. The molecule has 1 aromatic rings. The maximum absolute atomic E-state index is 11.6. The molecule has 6 heteroatoms. The summed E-state index contributed by atoms with van der Waals surface area (Å²) in [4.78, 5) is 11.6. The number of carbonyl (C=O) groups is 1. The molecule has 1 heterocycles. The molecular weight excluding hydrogens is 371 g/mol. The molecule has 0 aromatic heterocycles. The molecule has 0 atom stereocenters. The van der Waals surface area contributed by atoms with Crippen LogP contribution in [0.4, 0.5) is 0 Å². The number of hydrogen-bond acceptors (Lipinski definition) is 2. The largest absolute Gasteiger partial charge is 4.00 e. The molecule has 4 rings (SSSR count). The topological polar surface area (TPSA) is 37.3 Å². The molecule has 0 fully saturated rings. The van der Waals surface area contributed by atoms with Crippen LogP contribution in [0.3, 0.4) is 0 Å². The molecule has 0 spiro atoms. The number of ketones is 1. The van der Waals surface area contributed by atoms with Gasteiger partial charge in [-0.25, -0.2) is 0 Å². The van der Waals surface area contributed by atoms with Gasteiger partial charge in [-0.15, -0.1) is 39.6 Å². The molecule has 2 aliphatic carbocycles. The Bertz CT molecular complexity index is 664. The monoisotopic (exact) mass is 382 g/mol. The molecule has 1 aliphatic heterocycles.